The van der Waals surface area contributed by atoms with Crippen LogP contribution in [0.3, 0.4) is 0 Å². The van der Waals surface area contributed by atoms with Gasteiger partial charge in [-0.3, -0.25) is 4.79 Å². The first-order valence-electron chi connectivity index (χ1n) is 13.5. The molecule has 0 bridgehead atoms. The summed E-state index contributed by atoms with van der Waals surface area (Å²) in [6.07, 6.45) is 7.95. The molecule has 0 saturated carbocycles. The van der Waals surface area contributed by atoms with E-state index in [0.717, 1.165) is 34.0 Å². The zero-order chi connectivity index (χ0) is 25.5. The summed E-state index contributed by atoms with van der Waals surface area (Å²) >= 11 is 0. The number of benzene rings is 2. The number of hydrogen-bond donors (Lipinski definition) is 0. The summed E-state index contributed by atoms with van der Waals surface area (Å²) in [5.74, 6) is 0.472. The molecule has 0 spiro atoms. The molecular weight excluding hydrogens is 464 g/mol. The van der Waals surface area contributed by atoms with Gasteiger partial charge >= 0.3 is 5.63 Å². The van der Waals surface area contributed by atoms with E-state index in [1.165, 1.54) is 45.2 Å². The Kier molecular flexibility index (Phi) is 6.37. The van der Waals surface area contributed by atoms with Crippen LogP contribution in [0.5, 0.6) is 0 Å². The maximum atomic E-state index is 13.3. The fraction of sp³-hybridized carbons (Fsp3) is 0.419. The van der Waals surface area contributed by atoms with Crippen molar-refractivity contribution in [1.29, 1.82) is 0 Å². The minimum absolute atomic E-state index is 0.0305. The fourth-order valence-corrected chi connectivity index (χ4v) is 6.49. The molecule has 0 unspecified atom stereocenters. The molecule has 4 aromatic rings. The lowest BCUT2D eigenvalue weighted by atomic mass is 9.83. The van der Waals surface area contributed by atoms with E-state index >= 15 is 0 Å². The third-order valence-electron chi connectivity index (χ3n) is 8.56. The predicted octanol–water partition coefficient (Wildman–Crippen LogP) is 5.78. The second-order valence-corrected chi connectivity index (χ2v) is 10.8. The molecule has 0 radical (unpaired) electrons. The van der Waals surface area contributed by atoms with Crippen LogP contribution in [0, 0.1) is 12.8 Å². The molecule has 4 heterocycles. The van der Waals surface area contributed by atoms with E-state index in [2.05, 4.69) is 4.90 Å². The SMILES string of the molecule is Cc1c(CC(=O)N(C)C[C@@H]2CCCN3CCCC[C@H]23)c(=O)oc2cc3occ(-c4ccccc4)c3cc12. The van der Waals surface area contributed by atoms with Crippen LogP contribution < -0.4 is 5.63 Å². The van der Waals surface area contributed by atoms with Crippen LogP contribution in [0.1, 0.15) is 43.2 Å². The second-order valence-electron chi connectivity index (χ2n) is 10.8. The minimum Gasteiger partial charge on any atom is -0.464 e. The Labute approximate surface area is 216 Å². The Morgan fingerprint density at radius 3 is 2.68 bits per heavy atom. The number of likely N-dealkylation sites (N-methyl/N-ethyl adjacent to an activating group) is 1. The molecule has 2 saturated heterocycles. The number of amides is 1. The monoisotopic (exact) mass is 498 g/mol. The highest BCUT2D eigenvalue weighted by molar-refractivity contribution is 6.02. The molecular formula is C31H34N2O4. The predicted molar refractivity (Wildman–Crippen MR) is 146 cm³/mol. The highest BCUT2D eigenvalue weighted by Gasteiger charge is 2.34. The molecule has 2 aliphatic heterocycles. The number of furan rings is 1. The van der Waals surface area contributed by atoms with Gasteiger partial charge in [-0.1, -0.05) is 36.8 Å². The van der Waals surface area contributed by atoms with E-state index < -0.39 is 5.63 Å². The van der Waals surface area contributed by atoms with Crippen molar-refractivity contribution in [3.63, 3.8) is 0 Å². The van der Waals surface area contributed by atoms with Gasteiger partial charge < -0.3 is 18.6 Å². The number of aryl methyl sites for hydroxylation is 1. The lowest BCUT2D eigenvalue weighted by Crippen LogP contribution is -2.51. The highest BCUT2D eigenvalue weighted by atomic mass is 16.4. The van der Waals surface area contributed by atoms with Gasteiger partial charge in [0.25, 0.3) is 0 Å². The van der Waals surface area contributed by atoms with Crippen molar-refractivity contribution in [2.45, 2.75) is 51.5 Å². The van der Waals surface area contributed by atoms with Crippen molar-refractivity contribution >= 4 is 27.8 Å². The molecule has 192 valence electrons. The van der Waals surface area contributed by atoms with Gasteiger partial charge in [0.2, 0.25) is 5.91 Å². The van der Waals surface area contributed by atoms with Crippen molar-refractivity contribution in [2.24, 2.45) is 5.92 Å². The van der Waals surface area contributed by atoms with Crippen molar-refractivity contribution in [2.75, 3.05) is 26.7 Å². The van der Waals surface area contributed by atoms with Crippen LogP contribution in [-0.2, 0) is 11.2 Å². The topological polar surface area (TPSA) is 66.9 Å². The largest absolute Gasteiger partial charge is 0.464 e. The molecule has 2 aromatic heterocycles. The summed E-state index contributed by atoms with van der Waals surface area (Å²) < 4.78 is 11.5. The van der Waals surface area contributed by atoms with Crippen LogP contribution in [0.2, 0.25) is 0 Å². The van der Waals surface area contributed by atoms with E-state index in [9.17, 15) is 9.59 Å². The van der Waals surface area contributed by atoms with Crippen molar-refractivity contribution < 1.29 is 13.6 Å². The van der Waals surface area contributed by atoms with Gasteiger partial charge in [-0.2, -0.15) is 0 Å². The Morgan fingerprint density at radius 2 is 1.84 bits per heavy atom. The maximum Gasteiger partial charge on any atom is 0.340 e. The first-order valence-corrected chi connectivity index (χ1v) is 13.5. The van der Waals surface area contributed by atoms with Crippen LogP contribution in [0.15, 0.2) is 62.4 Å². The number of nitrogens with zero attached hydrogens (tertiary/aromatic N) is 2. The van der Waals surface area contributed by atoms with Crippen molar-refractivity contribution in [1.82, 2.24) is 9.80 Å². The smallest absolute Gasteiger partial charge is 0.340 e. The molecule has 6 heteroatoms. The summed E-state index contributed by atoms with van der Waals surface area (Å²) in [5.41, 5.74) is 3.99. The van der Waals surface area contributed by atoms with Crippen LogP contribution in [-0.4, -0.2) is 48.4 Å². The first kappa shape index (κ1) is 24.0. The second kappa shape index (κ2) is 9.82. The van der Waals surface area contributed by atoms with E-state index in [1.54, 1.807) is 12.3 Å². The lowest BCUT2D eigenvalue weighted by molar-refractivity contribution is -0.130. The van der Waals surface area contributed by atoms with Crippen LogP contribution in [0.4, 0.5) is 0 Å². The molecule has 6 rings (SSSR count). The van der Waals surface area contributed by atoms with Crippen molar-refractivity contribution in [3.8, 4) is 11.1 Å². The average molecular weight is 499 g/mol. The molecule has 37 heavy (non-hydrogen) atoms. The average Bonchev–Trinajstić information content (AvgIpc) is 3.33. The summed E-state index contributed by atoms with van der Waals surface area (Å²) in [5, 5.41) is 1.79. The first-order chi connectivity index (χ1) is 18.0. The minimum atomic E-state index is -0.447. The number of fused-ring (bicyclic) bond motifs is 3. The van der Waals surface area contributed by atoms with Gasteiger partial charge in [-0.05, 0) is 68.8 Å². The quantitative estimate of drug-likeness (QED) is 0.326. The summed E-state index contributed by atoms with van der Waals surface area (Å²) in [6.45, 7) is 5.03. The number of piperidine rings is 2. The summed E-state index contributed by atoms with van der Waals surface area (Å²) in [6, 6.07) is 14.5. The van der Waals surface area contributed by atoms with Crippen LogP contribution in [0.25, 0.3) is 33.1 Å². The van der Waals surface area contributed by atoms with Crippen LogP contribution >= 0.6 is 0 Å². The molecule has 6 nitrogen and oxygen atoms in total. The molecule has 2 fully saturated rings. The molecule has 2 aromatic carbocycles. The van der Waals surface area contributed by atoms with Gasteiger partial charge in [0.05, 0.1) is 18.2 Å². The van der Waals surface area contributed by atoms with E-state index in [0.29, 0.717) is 28.7 Å². The van der Waals surface area contributed by atoms with Gasteiger partial charge in [0.1, 0.15) is 11.2 Å². The van der Waals surface area contributed by atoms with E-state index in [1.807, 2.05) is 55.3 Å². The van der Waals surface area contributed by atoms with Gasteiger partial charge in [0.15, 0.2) is 0 Å². The third kappa shape index (κ3) is 4.48. The Balaban J connectivity index is 1.27. The van der Waals surface area contributed by atoms with Gasteiger partial charge in [-0.15, -0.1) is 0 Å². The molecule has 1 amide bonds. The van der Waals surface area contributed by atoms with E-state index in [4.69, 9.17) is 8.83 Å². The zero-order valence-electron chi connectivity index (χ0n) is 21.7. The molecule has 0 aliphatic carbocycles. The maximum absolute atomic E-state index is 13.3. The standard InChI is InChI=1S/C31H34N2O4/c1-20-23-15-25-26(21-9-4-3-5-10-21)19-36-28(25)17-29(23)37-31(35)24(20)16-30(34)32(2)18-22-11-8-14-33-13-7-6-12-27(22)33/h3-5,9-10,15,17,19,22,27H,6-8,11-14,16,18H2,1-2H3/t22-,27+/m0/s1. The van der Waals surface area contributed by atoms with E-state index in [-0.39, 0.29) is 12.3 Å². The third-order valence-corrected chi connectivity index (χ3v) is 8.56. The fourth-order valence-electron chi connectivity index (χ4n) is 6.49. The molecule has 2 atom stereocenters. The number of carbonyl (C=O) groups excluding carboxylic acids is 1. The Morgan fingerprint density at radius 1 is 1.03 bits per heavy atom. The zero-order valence-corrected chi connectivity index (χ0v) is 21.7. The van der Waals surface area contributed by atoms with Gasteiger partial charge in [-0.25, -0.2) is 4.79 Å². The number of rotatable bonds is 5. The Hall–Kier alpha value is -3.38. The summed E-state index contributed by atoms with van der Waals surface area (Å²) in [4.78, 5) is 30.7. The molecule has 0 N–H and O–H groups in total. The van der Waals surface area contributed by atoms with Crippen molar-refractivity contribution in [3.05, 3.63) is 70.3 Å². The molecule has 2 aliphatic rings. The number of carbonyl (C=O) groups is 1. The normalized spacial score (nSPS) is 20.3. The Bertz CT molecular complexity index is 1500. The van der Waals surface area contributed by atoms with Gasteiger partial charge in [0, 0.05) is 42.0 Å². The number of hydrogen-bond acceptors (Lipinski definition) is 5. The highest BCUT2D eigenvalue weighted by Crippen LogP contribution is 2.35. The summed E-state index contributed by atoms with van der Waals surface area (Å²) in [7, 11) is 1.88. The lowest BCUT2D eigenvalue weighted by Gasteiger charge is -2.45.